The highest BCUT2D eigenvalue weighted by molar-refractivity contribution is 5.80. The molecule has 24 heavy (non-hydrogen) atoms. The summed E-state index contributed by atoms with van der Waals surface area (Å²) < 4.78 is 43.2. The molecule has 0 aliphatic carbocycles. The van der Waals surface area contributed by atoms with E-state index < -0.39 is 36.2 Å². The summed E-state index contributed by atoms with van der Waals surface area (Å²) in [6.45, 7) is 7.58. The molecule has 0 radical (unpaired) electrons. The Bertz CT molecular complexity index is 472. The van der Waals surface area contributed by atoms with Crippen molar-refractivity contribution in [2.24, 2.45) is 5.92 Å². The molecule has 1 atom stereocenters. The van der Waals surface area contributed by atoms with E-state index in [1.165, 1.54) is 11.0 Å². The summed E-state index contributed by atoms with van der Waals surface area (Å²) in [5.41, 5.74) is -0.667. The molecule has 1 rings (SSSR count). The maximum absolute atomic E-state index is 12.6. The van der Waals surface area contributed by atoms with Gasteiger partial charge in [-0.15, -0.1) is 6.58 Å². The quantitative estimate of drug-likeness (QED) is 0.732. The van der Waals surface area contributed by atoms with Crippen molar-refractivity contribution < 1.29 is 27.5 Å². The van der Waals surface area contributed by atoms with Gasteiger partial charge in [-0.3, -0.25) is 4.79 Å². The first-order chi connectivity index (χ1) is 10.9. The average molecular weight is 350 g/mol. The van der Waals surface area contributed by atoms with Crippen molar-refractivity contribution in [1.82, 2.24) is 9.80 Å². The zero-order valence-electron chi connectivity index (χ0n) is 14.4. The van der Waals surface area contributed by atoms with E-state index in [2.05, 4.69) is 6.58 Å². The third-order valence-corrected chi connectivity index (χ3v) is 3.45. The van der Waals surface area contributed by atoms with Gasteiger partial charge in [0, 0.05) is 19.6 Å². The van der Waals surface area contributed by atoms with Gasteiger partial charge in [0.05, 0.1) is 5.92 Å². The molecule has 1 aliphatic heterocycles. The largest absolute Gasteiger partial charge is 0.444 e. The molecule has 1 unspecified atom stereocenters. The average Bonchev–Trinajstić information content (AvgIpc) is 2.43. The van der Waals surface area contributed by atoms with Crippen LogP contribution in [0.4, 0.5) is 18.0 Å². The molecule has 0 bridgehead atoms. The van der Waals surface area contributed by atoms with E-state index in [0.717, 1.165) is 4.90 Å². The fraction of sp³-hybridized carbons (Fsp3) is 0.750. The van der Waals surface area contributed by atoms with Crippen LogP contribution in [0.25, 0.3) is 0 Å². The summed E-state index contributed by atoms with van der Waals surface area (Å²) >= 11 is 0. The Morgan fingerprint density at radius 3 is 2.46 bits per heavy atom. The molecular formula is C16H25F3N2O3. The minimum atomic E-state index is -4.47. The predicted molar refractivity (Wildman–Crippen MR) is 83.4 cm³/mol. The maximum Gasteiger partial charge on any atom is 0.410 e. The van der Waals surface area contributed by atoms with E-state index >= 15 is 0 Å². The van der Waals surface area contributed by atoms with Gasteiger partial charge < -0.3 is 14.5 Å². The number of carbonyl (C=O) groups excluding carboxylic acids is 2. The third-order valence-electron chi connectivity index (χ3n) is 3.45. The number of hydrogen-bond acceptors (Lipinski definition) is 3. The summed E-state index contributed by atoms with van der Waals surface area (Å²) in [6.07, 6.45) is -2.77. The zero-order valence-corrected chi connectivity index (χ0v) is 14.4. The molecule has 1 saturated heterocycles. The van der Waals surface area contributed by atoms with Gasteiger partial charge in [-0.1, -0.05) is 6.08 Å². The lowest BCUT2D eigenvalue weighted by molar-refractivity contribution is -0.163. The second-order valence-corrected chi connectivity index (χ2v) is 6.89. The smallest absolute Gasteiger partial charge is 0.410 e. The molecule has 2 amide bonds. The second-order valence-electron chi connectivity index (χ2n) is 6.89. The Labute approximate surface area is 140 Å². The third kappa shape index (κ3) is 6.80. The maximum atomic E-state index is 12.6. The van der Waals surface area contributed by atoms with Crippen molar-refractivity contribution in [3.05, 3.63) is 12.7 Å². The van der Waals surface area contributed by atoms with Gasteiger partial charge in [-0.05, 0) is 33.6 Å². The monoisotopic (exact) mass is 350 g/mol. The number of carbonyl (C=O) groups is 2. The van der Waals surface area contributed by atoms with Crippen LogP contribution in [0.15, 0.2) is 12.7 Å². The Hall–Kier alpha value is -1.73. The van der Waals surface area contributed by atoms with E-state index in [9.17, 15) is 22.8 Å². The number of piperidine rings is 1. The van der Waals surface area contributed by atoms with Crippen LogP contribution in [0.5, 0.6) is 0 Å². The van der Waals surface area contributed by atoms with Gasteiger partial charge in [0.15, 0.2) is 0 Å². The lowest BCUT2D eigenvalue weighted by Gasteiger charge is -2.35. The highest BCUT2D eigenvalue weighted by Crippen LogP contribution is 2.23. The summed E-state index contributed by atoms with van der Waals surface area (Å²) in [4.78, 5) is 26.6. The highest BCUT2D eigenvalue weighted by atomic mass is 19.4. The highest BCUT2D eigenvalue weighted by Gasteiger charge is 2.37. The van der Waals surface area contributed by atoms with Gasteiger partial charge in [0.2, 0.25) is 5.91 Å². The Morgan fingerprint density at radius 1 is 1.33 bits per heavy atom. The Balaban J connectivity index is 2.75. The van der Waals surface area contributed by atoms with Crippen LogP contribution in [-0.4, -0.2) is 59.8 Å². The van der Waals surface area contributed by atoms with Crippen LogP contribution in [0, 0.1) is 5.92 Å². The molecule has 1 heterocycles. The minimum absolute atomic E-state index is 0.0687. The first-order valence-electron chi connectivity index (χ1n) is 7.87. The van der Waals surface area contributed by atoms with Gasteiger partial charge in [0.1, 0.15) is 12.1 Å². The lowest BCUT2D eigenvalue weighted by atomic mass is 9.96. The van der Waals surface area contributed by atoms with Crippen LogP contribution in [-0.2, 0) is 9.53 Å². The first kappa shape index (κ1) is 20.3. The standard InChI is InChI=1S/C16H25F3N2O3/c1-5-8-21(11-16(17,18)19)13(22)12-7-6-9-20(10-12)14(23)24-15(2,3)4/h5,12H,1,6-11H2,2-4H3. The van der Waals surface area contributed by atoms with E-state index in [0.29, 0.717) is 19.4 Å². The number of likely N-dealkylation sites (tertiary alicyclic amines) is 1. The molecule has 0 aromatic rings. The Morgan fingerprint density at radius 2 is 1.96 bits per heavy atom. The molecule has 0 aromatic carbocycles. The van der Waals surface area contributed by atoms with Crippen LogP contribution >= 0.6 is 0 Å². The van der Waals surface area contributed by atoms with Crippen LogP contribution in [0.2, 0.25) is 0 Å². The fourth-order valence-corrected chi connectivity index (χ4v) is 2.53. The van der Waals surface area contributed by atoms with E-state index in [-0.39, 0.29) is 13.1 Å². The number of alkyl halides is 3. The molecule has 0 saturated carbocycles. The topological polar surface area (TPSA) is 49.9 Å². The number of nitrogens with zero attached hydrogens (tertiary/aromatic N) is 2. The molecular weight excluding hydrogens is 325 g/mol. The summed E-state index contributed by atoms with van der Waals surface area (Å²) in [5.74, 6) is -1.27. The van der Waals surface area contributed by atoms with E-state index in [1.807, 2.05) is 0 Å². The molecule has 0 aromatic heterocycles. The lowest BCUT2D eigenvalue weighted by Crippen LogP contribution is -2.49. The van der Waals surface area contributed by atoms with Crippen LogP contribution in [0.1, 0.15) is 33.6 Å². The molecule has 1 aliphatic rings. The zero-order chi connectivity index (χ0) is 18.5. The number of halogens is 3. The summed E-state index contributed by atoms with van der Waals surface area (Å²) in [6, 6.07) is 0. The molecule has 0 N–H and O–H groups in total. The van der Waals surface area contributed by atoms with Crippen molar-refractivity contribution in [2.75, 3.05) is 26.2 Å². The van der Waals surface area contributed by atoms with Gasteiger partial charge in [-0.2, -0.15) is 13.2 Å². The van der Waals surface area contributed by atoms with E-state index in [4.69, 9.17) is 4.74 Å². The molecule has 8 heteroatoms. The van der Waals surface area contributed by atoms with Crippen molar-refractivity contribution >= 4 is 12.0 Å². The van der Waals surface area contributed by atoms with Gasteiger partial charge >= 0.3 is 12.3 Å². The second kappa shape index (κ2) is 7.90. The number of hydrogen-bond donors (Lipinski definition) is 0. The molecule has 138 valence electrons. The molecule has 1 fully saturated rings. The van der Waals surface area contributed by atoms with Gasteiger partial charge in [0.25, 0.3) is 0 Å². The van der Waals surface area contributed by atoms with Gasteiger partial charge in [-0.25, -0.2) is 4.79 Å². The van der Waals surface area contributed by atoms with E-state index in [1.54, 1.807) is 20.8 Å². The first-order valence-corrected chi connectivity index (χ1v) is 7.87. The van der Waals surface area contributed by atoms with Crippen LogP contribution < -0.4 is 0 Å². The predicted octanol–water partition coefficient (Wildman–Crippen LogP) is 3.21. The van der Waals surface area contributed by atoms with Crippen molar-refractivity contribution in [1.29, 1.82) is 0 Å². The summed E-state index contributed by atoms with van der Waals surface area (Å²) in [5, 5.41) is 0. The SMILES string of the molecule is C=CCN(CC(F)(F)F)C(=O)C1CCCN(C(=O)OC(C)(C)C)C1. The Kier molecular flexibility index (Phi) is 6.68. The number of rotatable bonds is 4. The number of amides is 2. The van der Waals surface area contributed by atoms with Crippen molar-refractivity contribution in [2.45, 2.75) is 45.4 Å². The fourth-order valence-electron chi connectivity index (χ4n) is 2.53. The summed E-state index contributed by atoms with van der Waals surface area (Å²) in [7, 11) is 0. The van der Waals surface area contributed by atoms with Crippen molar-refractivity contribution in [3.63, 3.8) is 0 Å². The number of ether oxygens (including phenoxy) is 1. The minimum Gasteiger partial charge on any atom is -0.444 e. The normalized spacial score (nSPS) is 18.9. The van der Waals surface area contributed by atoms with Crippen molar-refractivity contribution in [3.8, 4) is 0 Å². The molecule has 5 nitrogen and oxygen atoms in total. The van der Waals surface area contributed by atoms with Crippen LogP contribution in [0.3, 0.4) is 0 Å². The molecule has 0 spiro atoms.